The normalized spacial score (nSPS) is 17.6. The standard InChI is InChI=1S/C14H22N2O2S/c1-12-11-13(3-4-14(12)19(2,17)18)5-8-16-9-6-15-7-10-16/h3-4,11,15H,5-10H2,1-2H3. The lowest BCUT2D eigenvalue weighted by Gasteiger charge is -2.27. The summed E-state index contributed by atoms with van der Waals surface area (Å²) >= 11 is 0. The first-order valence-electron chi connectivity index (χ1n) is 6.69. The van der Waals surface area contributed by atoms with Crippen molar-refractivity contribution in [2.45, 2.75) is 18.2 Å². The Balaban J connectivity index is 2.00. The zero-order valence-corrected chi connectivity index (χ0v) is 12.5. The number of rotatable bonds is 4. The van der Waals surface area contributed by atoms with Crippen LogP contribution in [0, 0.1) is 6.92 Å². The van der Waals surface area contributed by atoms with Gasteiger partial charge < -0.3 is 10.2 Å². The molecule has 1 saturated heterocycles. The SMILES string of the molecule is Cc1cc(CCN2CCNCC2)ccc1S(C)(=O)=O. The van der Waals surface area contributed by atoms with Crippen LogP contribution >= 0.6 is 0 Å². The minimum Gasteiger partial charge on any atom is -0.314 e. The number of hydrogen-bond acceptors (Lipinski definition) is 4. The molecule has 19 heavy (non-hydrogen) atoms. The summed E-state index contributed by atoms with van der Waals surface area (Å²) in [7, 11) is -3.10. The van der Waals surface area contributed by atoms with Gasteiger partial charge >= 0.3 is 0 Å². The Morgan fingerprint density at radius 3 is 2.53 bits per heavy atom. The zero-order valence-electron chi connectivity index (χ0n) is 11.6. The van der Waals surface area contributed by atoms with Crippen LogP contribution < -0.4 is 5.32 Å². The maximum Gasteiger partial charge on any atom is 0.175 e. The number of aryl methyl sites for hydroxylation is 1. The topological polar surface area (TPSA) is 49.4 Å². The van der Waals surface area contributed by atoms with E-state index in [4.69, 9.17) is 0 Å². The number of benzene rings is 1. The highest BCUT2D eigenvalue weighted by Crippen LogP contribution is 2.17. The van der Waals surface area contributed by atoms with Crippen molar-refractivity contribution < 1.29 is 8.42 Å². The van der Waals surface area contributed by atoms with Crippen LogP contribution in [0.1, 0.15) is 11.1 Å². The van der Waals surface area contributed by atoms with E-state index in [1.54, 1.807) is 6.07 Å². The van der Waals surface area contributed by atoms with Gasteiger partial charge in [0.1, 0.15) is 0 Å². The van der Waals surface area contributed by atoms with Crippen LogP contribution in [-0.2, 0) is 16.3 Å². The fourth-order valence-electron chi connectivity index (χ4n) is 2.51. The molecule has 0 atom stereocenters. The van der Waals surface area contributed by atoms with E-state index >= 15 is 0 Å². The molecule has 1 fully saturated rings. The van der Waals surface area contributed by atoms with E-state index in [0.29, 0.717) is 4.90 Å². The Morgan fingerprint density at radius 2 is 1.95 bits per heavy atom. The van der Waals surface area contributed by atoms with E-state index in [1.807, 2.05) is 19.1 Å². The molecular weight excluding hydrogens is 260 g/mol. The lowest BCUT2D eigenvalue weighted by Crippen LogP contribution is -2.44. The zero-order chi connectivity index (χ0) is 13.9. The number of hydrogen-bond donors (Lipinski definition) is 1. The Morgan fingerprint density at radius 1 is 1.26 bits per heavy atom. The second-order valence-electron chi connectivity index (χ2n) is 5.21. The van der Waals surface area contributed by atoms with Crippen molar-refractivity contribution >= 4 is 9.84 Å². The molecule has 0 saturated carbocycles. The van der Waals surface area contributed by atoms with Crippen molar-refractivity contribution in [3.05, 3.63) is 29.3 Å². The van der Waals surface area contributed by atoms with Gasteiger partial charge in [0, 0.05) is 39.0 Å². The van der Waals surface area contributed by atoms with Gasteiger partial charge in [-0.1, -0.05) is 12.1 Å². The fourth-order valence-corrected chi connectivity index (χ4v) is 3.46. The number of nitrogens with zero attached hydrogens (tertiary/aromatic N) is 1. The van der Waals surface area contributed by atoms with Crippen LogP contribution in [-0.4, -0.2) is 52.3 Å². The van der Waals surface area contributed by atoms with E-state index in [-0.39, 0.29) is 0 Å². The van der Waals surface area contributed by atoms with Crippen LogP contribution in [0.15, 0.2) is 23.1 Å². The summed E-state index contributed by atoms with van der Waals surface area (Å²) in [4.78, 5) is 2.88. The predicted octanol–water partition coefficient (Wildman–Crippen LogP) is 0.846. The van der Waals surface area contributed by atoms with Gasteiger partial charge in [-0.05, 0) is 30.5 Å². The number of piperazine rings is 1. The summed E-state index contributed by atoms with van der Waals surface area (Å²) in [6.07, 6.45) is 2.24. The van der Waals surface area contributed by atoms with Gasteiger partial charge in [0.2, 0.25) is 0 Å². The second kappa shape index (κ2) is 6.03. The maximum atomic E-state index is 11.6. The molecule has 0 aliphatic carbocycles. The highest BCUT2D eigenvalue weighted by molar-refractivity contribution is 7.90. The van der Waals surface area contributed by atoms with Gasteiger partial charge in [0.15, 0.2) is 9.84 Å². The minimum absolute atomic E-state index is 0.443. The molecule has 0 aromatic heterocycles. The molecule has 5 heteroatoms. The van der Waals surface area contributed by atoms with Crippen molar-refractivity contribution in [1.29, 1.82) is 0 Å². The molecule has 1 aliphatic heterocycles. The number of sulfone groups is 1. The van der Waals surface area contributed by atoms with Gasteiger partial charge in [-0.15, -0.1) is 0 Å². The molecule has 0 bridgehead atoms. The van der Waals surface area contributed by atoms with Crippen molar-refractivity contribution in [3.8, 4) is 0 Å². The summed E-state index contributed by atoms with van der Waals surface area (Å²) in [6, 6.07) is 5.67. The van der Waals surface area contributed by atoms with Gasteiger partial charge in [-0.2, -0.15) is 0 Å². The Labute approximate surface area is 115 Å². The van der Waals surface area contributed by atoms with Gasteiger partial charge in [-0.3, -0.25) is 0 Å². The van der Waals surface area contributed by atoms with Crippen LogP contribution in [0.25, 0.3) is 0 Å². The molecule has 4 nitrogen and oxygen atoms in total. The van der Waals surface area contributed by atoms with Gasteiger partial charge in [-0.25, -0.2) is 8.42 Å². The molecule has 0 radical (unpaired) electrons. The van der Waals surface area contributed by atoms with Crippen molar-refractivity contribution in [1.82, 2.24) is 10.2 Å². The average Bonchev–Trinajstić information content (AvgIpc) is 2.36. The molecule has 1 aromatic carbocycles. The smallest absolute Gasteiger partial charge is 0.175 e. The van der Waals surface area contributed by atoms with E-state index in [1.165, 1.54) is 11.8 Å². The third-order valence-electron chi connectivity index (χ3n) is 3.57. The molecular formula is C14H22N2O2S. The van der Waals surface area contributed by atoms with E-state index in [2.05, 4.69) is 10.2 Å². The molecule has 1 heterocycles. The van der Waals surface area contributed by atoms with E-state index in [0.717, 1.165) is 44.7 Å². The molecule has 0 unspecified atom stereocenters. The third-order valence-corrected chi connectivity index (χ3v) is 4.82. The van der Waals surface area contributed by atoms with Crippen LogP contribution in [0.5, 0.6) is 0 Å². The predicted molar refractivity (Wildman–Crippen MR) is 77.3 cm³/mol. The molecule has 2 rings (SSSR count). The summed E-state index contributed by atoms with van der Waals surface area (Å²) in [6.45, 7) is 7.23. The lowest BCUT2D eigenvalue weighted by molar-refractivity contribution is 0.244. The fraction of sp³-hybridized carbons (Fsp3) is 0.571. The molecule has 0 amide bonds. The van der Waals surface area contributed by atoms with Crippen molar-refractivity contribution in [3.63, 3.8) is 0 Å². The van der Waals surface area contributed by atoms with Crippen LogP contribution in [0.4, 0.5) is 0 Å². The Bertz CT molecular complexity index is 534. The average molecular weight is 282 g/mol. The lowest BCUT2D eigenvalue weighted by atomic mass is 10.1. The molecule has 106 valence electrons. The molecule has 0 spiro atoms. The monoisotopic (exact) mass is 282 g/mol. The van der Waals surface area contributed by atoms with Crippen LogP contribution in [0.3, 0.4) is 0 Å². The molecule has 1 aromatic rings. The highest BCUT2D eigenvalue weighted by atomic mass is 32.2. The van der Waals surface area contributed by atoms with E-state index in [9.17, 15) is 8.42 Å². The van der Waals surface area contributed by atoms with Gasteiger partial charge in [0.05, 0.1) is 4.90 Å². The minimum atomic E-state index is -3.10. The summed E-state index contributed by atoms with van der Waals surface area (Å²) in [5, 5.41) is 3.34. The maximum absolute atomic E-state index is 11.6. The Kier molecular flexibility index (Phi) is 4.60. The van der Waals surface area contributed by atoms with Crippen molar-refractivity contribution in [2.75, 3.05) is 39.0 Å². The quantitative estimate of drug-likeness (QED) is 0.889. The molecule has 1 N–H and O–H groups in total. The largest absolute Gasteiger partial charge is 0.314 e. The Hall–Kier alpha value is -0.910. The van der Waals surface area contributed by atoms with Crippen LogP contribution in [0.2, 0.25) is 0 Å². The summed E-state index contributed by atoms with van der Waals surface area (Å²) in [5.41, 5.74) is 2.06. The van der Waals surface area contributed by atoms with Gasteiger partial charge in [0.25, 0.3) is 0 Å². The first-order valence-corrected chi connectivity index (χ1v) is 8.58. The summed E-state index contributed by atoms with van der Waals surface area (Å²) < 4.78 is 23.1. The first kappa shape index (κ1) is 14.5. The summed E-state index contributed by atoms with van der Waals surface area (Å²) in [5.74, 6) is 0. The first-order chi connectivity index (χ1) is 8.97. The number of nitrogens with one attached hydrogen (secondary N) is 1. The van der Waals surface area contributed by atoms with Crippen molar-refractivity contribution in [2.24, 2.45) is 0 Å². The third kappa shape index (κ3) is 4.03. The molecule has 1 aliphatic rings. The second-order valence-corrected chi connectivity index (χ2v) is 7.20. The highest BCUT2D eigenvalue weighted by Gasteiger charge is 2.12. The van der Waals surface area contributed by atoms with E-state index < -0.39 is 9.84 Å².